The van der Waals surface area contributed by atoms with E-state index in [1.54, 1.807) is 36.7 Å². The van der Waals surface area contributed by atoms with Gasteiger partial charge in [0, 0.05) is 49.5 Å². The van der Waals surface area contributed by atoms with Crippen molar-refractivity contribution < 1.29 is 14.3 Å². The molecule has 0 unspecified atom stereocenters. The van der Waals surface area contributed by atoms with Gasteiger partial charge in [0.05, 0.1) is 6.21 Å². The van der Waals surface area contributed by atoms with E-state index in [2.05, 4.69) is 15.5 Å². The van der Waals surface area contributed by atoms with E-state index in [9.17, 15) is 4.79 Å². The number of hydrogen-bond donors (Lipinski definition) is 1. The molecule has 0 saturated heterocycles. The van der Waals surface area contributed by atoms with Crippen molar-refractivity contribution in [3.05, 3.63) is 83.9 Å². The summed E-state index contributed by atoms with van der Waals surface area (Å²) < 4.78 is 11.6. The van der Waals surface area contributed by atoms with Crippen molar-refractivity contribution in [2.24, 2.45) is 5.10 Å². The van der Waals surface area contributed by atoms with Gasteiger partial charge >= 0.3 is 0 Å². The molecule has 3 rings (SSSR count). The summed E-state index contributed by atoms with van der Waals surface area (Å²) in [5.74, 6) is 0.181. The van der Waals surface area contributed by atoms with Crippen molar-refractivity contribution in [2.75, 3.05) is 0 Å². The predicted molar refractivity (Wildman–Crippen MR) is 98.9 cm³/mol. The molecular weight excluding hydrogens is 330 g/mol. The lowest BCUT2D eigenvalue weighted by molar-refractivity contribution is -0.149. The second kappa shape index (κ2) is 7.65. The third kappa shape index (κ3) is 4.57. The molecule has 6 nitrogen and oxygen atoms in total. The van der Waals surface area contributed by atoms with Crippen LogP contribution in [0.4, 0.5) is 0 Å². The van der Waals surface area contributed by atoms with Gasteiger partial charge in [0.25, 0.3) is 5.91 Å². The van der Waals surface area contributed by atoms with Crippen LogP contribution >= 0.6 is 0 Å². The summed E-state index contributed by atoms with van der Waals surface area (Å²) in [7, 11) is 0. The fourth-order valence-electron chi connectivity index (χ4n) is 2.36. The van der Waals surface area contributed by atoms with E-state index in [1.165, 1.54) is 6.21 Å². The first kappa shape index (κ1) is 17.4. The zero-order chi connectivity index (χ0) is 18.4. The Balaban J connectivity index is 1.71. The standard InChI is InChI=1S/C20H19N3O3/c1-20(2)25-17(14-18(26-20)15-6-4-3-5-7-15)10-13-22-23-19(24)16-8-11-21-12-9-16/h3-14H,1-2H3,(H,23,24)/b17-10-,22-13?. The van der Waals surface area contributed by atoms with E-state index >= 15 is 0 Å². The van der Waals surface area contributed by atoms with E-state index < -0.39 is 5.79 Å². The minimum atomic E-state index is -0.806. The Morgan fingerprint density at radius 2 is 1.85 bits per heavy atom. The summed E-state index contributed by atoms with van der Waals surface area (Å²) in [6.07, 6.45) is 8.02. The fraction of sp³-hybridized carbons (Fsp3) is 0.150. The Hall–Kier alpha value is -3.41. The molecule has 0 radical (unpaired) electrons. The molecule has 2 heterocycles. The number of allylic oxidation sites excluding steroid dienone is 2. The Labute approximate surface area is 151 Å². The number of carbonyl (C=O) groups excluding carboxylic acids is 1. The third-order valence-corrected chi connectivity index (χ3v) is 3.47. The lowest BCUT2D eigenvalue weighted by Crippen LogP contribution is -2.30. The van der Waals surface area contributed by atoms with Gasteiger partial charge in [-0.15, -0.1) is 0 Å². The van der Waals surface area contributed by atoms with Crippen molar-refractivity contribution in [3.63, 3.8) is 0 Å². The topological polar surface area (TPSA) is 72.8 Å². The van der Waals surface area contributed by atoms with Crippen LogP contribution in [0.5, 0.6) is 0 Å². The molecule has 2 aromatic rings. The summed E-state index contributed by atoms with van der Waals surface area (Å²) in [4.78, 5) is 15.8. The van der Waals surface area contributed by atoms with E-state index in [-0.39, 0.29) is 5.91 Å². The monoisotopic (exact) mass is 349 g/mol. The van der Waals surface area contributed by atoms with Gasteiger partial charge in [-0.05, 0) is 12.1 Å². The van der Waals surface area contributed by atoms with Gasteiger partial charge in [0.1, 0.15) is 11.5 Å². The molecule has 1 aromatic carbocycles. The molecule has 0 bridgehead atoms. The number of carbonyl (C=O) groups is 1. The van der Waals surface area contributed by atoms with E-state index in [0.717, 1.165) is 5.56 Å². The molecule has 132 valence electrons. The molecule has 0 spiro atoms. The molecule has 6 heteroatoms. The highest BCUT2D eigenvalue weighted by atomic mass is 16.7. The van der Waals surface area contributed by atoms with Crippen LogP contribution in [0.1, 0.15) is 29.8 Å². The van der Waals surface area contributed by atoms with E-state index in [0.29, 0.717) is 17.1 Å². The second-order valence-electron chi connectivity index (χ2n) is 6.00. The van der Waals surface area contributed by atoms with Crippen LogP contribution in [0.15, 0.2) is 77.9 Å². The van der Waals surface area contributed by atoms with Crippen molar-refractivity contribution in [1.29, 1.82) is 0 Å². The van der Waals surface area contributed by atoms with Crippen LogP contribution in [0.3, 0.4) is 0 Å². The average molecular weight is 349 g/mol. The Morgan fingerprint density at radius 1 is 1.12 bits per heavy atom. The highest BCUT2D eigenvalue weighted by Crippen LogP contribution is 2.32. The SMILES string of the molecule is CC1(C)OC(c2ccccc2)=C/C(=C/C=NNC(=O)c2ccncc2)O1. The van der Waals surface area contributed by atoms with Crippen LogP contribution in [-0.2, 0) is 9.47 Å². The minimum Gasteiger partial charge on any atom is -0.453 e. The van der Waals surface area contributed by atoms with E-state index in [1.807, 2.05) is 44.2 Å². The number of nitrogens with one attached hydrogen (secondary N) is 1. The summed E-state index contributed by atoms with van der Waals surface area (Å²) in [5.41, 5.74) is 3.89. The number of hydrazone groups is 1. The molecule has 0 aliphatic carbocycles. The quantitative estimate of drug-likeness (QED) is 0.677. The number of rotatable bonds is 4. The van der Waals surface area contributed by atoms with Crippen LogP contribution in [0.2, 0.25) is 0 Å². The van der Waals surface area contributed by atoms with Crippen molar-refractivity contribution >= 4 is 17.9 Å². The molecule has 26 heavy (non-hydrogen) atoms. The van der Waals surface area contributed by atoms with Gasteiger partial charge in [-0.2, -0.15) is 5.10 Å². The van der Waals surface area contributed by atoms with Gasteiger partial charge < -0.3 is 9.47 Å². The maximum absolute atomic E-state index is 11.9. The van der Waals surface area contributed by atoms with Gasteiger partial charge in [0.2, 0.25) is 5.79 Å². The Morgan fingerprint density at radius 3 is 2.58 bits per heavy atom. The molecule has 0 fully saturated rings. The number of pyridine rings is 1. The van der Waals surface area contributed by atoms with Gasteiger partial charge in [-0.1, -0.05) is 30.3 Å². The lowest BCUT2D eigenvalue weighted by Gasteiger charge is -2.33. The van der Waals surface area contributed by atoms with E-state index in [4.69, 9.17) is 9.47 Å². The van der Waals surface area contributed by atoms with Gasteiger partial charge in [0.15, 0.2) is 0 Å². The molecule has 0 saturated carbocycles. The van der Waals surface area contributed by atoms with Crippen molar-refractivity contribution in [2.45, 2.75) is 19.6 Å². The predicted octanol–water partition coefficient (Wildman–Crippen LogP) is 3.51. The maximum atomic E-state index is 11.9. The molecule has 1 aliphatic heterocycles. The first-order chi connectivity index (χ1) is 12.5. The third-order valence-electron chi connectivity index (χ3n) is 3.47. The fourth-order valence-corrected chi connectivity index (χ4v) is 2.36. The van der Waals surface area contributed by atoms with Crippen molar-refractivity contribution in [1.82, 2.24) is 10.4 Å². The smallest absolute Gasteiger partial charge is 0.271 e. The molecule has 1 amide bonds. The lowest BCUT2D eigenvalue weighted by atomic mass is 10.1. The number of nitrogens with zero attached hydrogens (tertiary/aromatic N) is 2. The molecular formula is C20H19N3O3. The molecule has 0 atom stereocenters. The van der Waals surface area contributed by atoms with Crippen LogP contribution < -0.4 is 5.43 Å². The number of benzene rings is 1. The average Bonchev–Trinajstić information content (AvgIpc) is 2.65. The van der Waals surface area contributed by atoms with Crippen molar-refractivity contribution in [3.8, 4) is 0 Å². The number of ether oxygens (including phenoxy) is 2. The summed E-state index contributed by atoms with van der Waals surface area (Å²) in [6, 6.07) is 13.0. The van der Waals surface area contributed by atoms with Gasteiger partial charge in [-0.3, -0.25) is 9.78 Å². The van der Waals surface area contributed by atoms with Gasteiger partial charge in [-0.25, -0.2) is 5.43 Å². The highest BCUT2D eigenvalue weighted by molar-refractivity contribution is 5.94. The second-order valence-corrected chi connectivity index (χ2v) is 6.00. The number of hydrogen-bond acceptors (Lipinski definition) is 5. The zero-order valence-electron chi connectivity index (χ0n) is 14.5. The first-order valence-corrected chi connectivity index (χ1v) is 8.12. The number of aromatic nitrogens is 1. The summed E-state index contributed by atoms with van der Waals surface area (Å²) in [5, 5.41) is 3.92. The first-order valence-electron chi connectivity index (χ1n) is 8.12. The summed E-state index contributed by atoms with van der Waals surface area (Å²) in [6.45, 7) is 3.66. The number of amides is 1. The minimum absolute atomic E-state index is 0.309. The van der Waals surface area contributed by atoms with Crippen LogP contribution in [0, 0.1) is 0 Å². The Bertz CT molecular complexity index is 856. The van der Waals surface area contributed by atoms with Crippen LogP contribution in [0.25, 0.3) is 5.76 Å². The normalized spacial score (nSPS) is 17.3. The zero-order valence-corrected chi connectivity index (χ0v) is 14.5. The summed E-state index contributed by atoms with van der Waals surface area (Å²) >= 11 is 0. The maximum Gasteiger partial charge on any atom is 0.271 e. The van der Waals surface area contributed by atoms with Crippen LogP contribution in [-0.4, -0.2) is 22.9 Å². The molecule has 1 N–H and O–H groups in total. The molecule has 1 aromatic heterocycles. The molecule has 1 aliphatic rings. The largest absolute Gasteiger partial charge is 0.453 e. The Kier molecular flexibility index (Phi) is 5.12. The highest BCUT2D eigenvalue weighted by Gasteiger charge is 2.28.